The van der Waals surface area contributed by atoms with E-state index in [1.807, 2.05) is 0 Å². The highest BCUT2D eigenvalue weighted by Gasteiger charge is 2.76. The van der Waals surface area contributed by atoms with Gasteiger partial charge in [-0.3, -0.25) is 4.79 Å². The zero-order chi connectivity index (χ0) is 15.5. The maximum absolute atomic E-state index is 12.7. The second-order valence-corrected chi connectivity index (χ2v) is 3.89. The molecule has 0 aliphatic rings. The molecule has 0 radical (unpaired) electrons. The largest absolute Gasteiger partial charge is 0.460 e. The molecule has 0 aromatic heterocycles. The van der Waals surface area contributed by atoms with Gasteiger partial charge in [-0.15, -0.1) is 0 Å². The maximum Gasteiger partial charge on any atom is 0.460 e. The summed E-state index contributed by atoms with van der Waals surface area (Å²) in [7, 11) is 0. The lowest BCUT2D eigenvalue weighted by atomic mass is 10.1. The molecule has 0 bridgehead atoms. The van der Waals surface area contributed by atoms with E-state index in [-0.39, 0.29) is 12.8 Å². The lowest BCUT2D eigenvalue weighted by Crippen LogP contribution is -2.59. The van der Waals surface area contributed by atoms with E-state index < -0.39 is 36.6 Å². The Balaban J connectivity index is 4.61. The van der Waals surface area contributed by atoms with Crippen molar-refractivity contribution in [2.75, 3.05) is 6.54 Å². The molecule has 0 aromatic rings. The summed E-state index contributed by atoms with van der Waals surface area (Å²) >= 11 is 0. The second-order valence-electron chi connectivity index (χ2n) is 3.89. The number of hydrogen-bond donors (Lipinski definition) is 2. The Morgan fingerprint density at radius 1 is 1.16 bits per heavy atom. The van der Waals surface area contributed by atoms with Gasteiger partial charge in [0, 0.05) is 6.54 Å². The lowest BCUT2D eigenvalue weighted by Gasteiger charge is -2.27. The molecule has 0 saturated heterocycles. The first-order valence-electron chi connectivity index (χ1n) is 5.12. The van der Waals surface area contributed by atoms with Crippen LogP contribution < -0.4 is 5.32 Å². The number of halogens is 7. The number of hydrogen-bond acceptors (Lipinski definition) is 2. The van der Waals surface area contributed by atoms with Crippen LogP contribution in [0.2, 0.25) is 0 Å². The molecule has 0 heterocycles. The van der Waals surface area contributed by atoms with Gasteiger partial charge in [0.2, 0.25) is 0 Å². The van der Waals surface area contributed by atoms with E-state index >= 15 is 0 Å². The van der Waals surface area contributed by atoms with E-state index in [1.54, 1.807) is 0 Å². The Hall–Kier alpha value is -1.06. The number of aliphatic hydroxyl groups is 1. The molecule has 0 rings (SSSR count). The number of nitrogens with one attached hydrogen (secondary N) is 1. The van der Waals surface area contributed by atoms with Gasteiger partial charge in [-0.2, -0.15) is 30.7 Å². The van der Waals surface area contributed by atoms with Crippen molar-refractivity contribution < 1.29 is 40.6 Å². The summed E-state index contributed by atoms with van der Waals surface area (Å²) in [5.74, 6) is -15.1. The van der Waals surface area contributed by atoms with Crippen LogP contribution in [0.1, 0.15) is 19.8 Å². The third-order valence-corrected chi connectivity index (χ3v) is 2.12. The third-order valence-electron chi connectivity index (χ3n) is 2.12. The van der Waals surface area contributed by atoms with E-state index in [0.29, 0.717) is 0 Å². The van der Waals surface area contributed by atoms with Gasteiger partial charge < -0.3 is 10.4 Å². The molecule has 114 valence electrons. The van der Waals surface area contributed by atoms with Crippen molar-refractivity contribution in [3.8, 4) is 0 Å². The van der Waals surface area contributed by atoms with Gasteiger partial charge in [-0.05, 0) is 19.8 Å². The van der Waals surface area contributed by atoms with Crippen molar-refractivity contribution >= 4 is 5.91 Å². The molecule has 0 fully saturated rings. The van der Waals surface area contributed by atoms with Crippen LogP contribution in [-0.4, -0.2) is 41.7 Å². The van der Waals surface area contributed by atoms with Crippen LogP contribution in [0.3, 0.4) is 0 Å². The summed E-state index contributed by atoms with van der Waals surface area (Å²) in [5.41, 5.74) is 0. The van der Waals surface area contributed by atoms with Gasteiger partial charge >= 0.3 is 18.0 Å². The molecular weight excluding hydrogens is 287 g/mol. The number of alkyl halides is 7. The minimum atomic E-state index is -6.53. The predicted octanol–water partition coefficient (Wildman–Crippen LogP) is 2.10. The van der Waals surface area contributed by atoms with Gasteiger partial charge in [-0.1, -0.05) is 0 Å². The fourth-order valence-corrected chi connectivity index (χ4v) is 1.03. The smallest absolute Gasteiger partial charge is 0.393 e. The van der Waals surface area contributed by atoms with Crippen LogP contribution in [0.15, 0.2) is 0 Å². The van der Waals surface area contributed by atoms with Crippen LogP contribution in [0.5, 0.6) is 0 Å². The third kappa shape index (κ3) is 4.22. The van der Waals surface area contributed by atoms with E-state index in [0.717, 1.165) is 0 Å². The van der Waals surface area contributed by atoms with E-state index in [2.05, 4.69) is 0 Å². The Kier molecular flexibility index (Phi) is 5.60. The maximum atomic E-state index is 12.7. The molecule has 1 unspecified atom stereocenters. The Bertz CT molecular complexity index is 314. The quantitative estimate of drug-likeness (QED) is 0.583. The van der Waals surface area contributed by atoms with Crippen LogP contribution in [0.4, 0.5) is 30.7 Å². The fraction of sp³-hybridized carbons (Fsp3) is 0.889. The van der Waals surface area contributed by atoms with Gasteiger partial charge in [0.05, 0.1) is 6.10 Å². The first kappa shape index (κ1) is 17.9. The van der Waals surface area contributed by atoms with Gasteiger partial charge in [0.1, 0.15) is 0 Å². The van der Waals surface area contributed by atoms with Crippen molar-refractivity contribution in [1.82, 2.24) is 5.32 Å². The van der Waals surface area contributed by atoms with Crippen molar-refractivity contribution in [2.24, 2.45) is 0 Å². The van der Waals surface area contributed by atoms with Crippen molar-refractivity contribution in [3.63, 3.8) is 0 Å². The average molecular weight is 299 g/mol. The Morgan fingerprint density at radius 2 is 1.63 bits per heavy atom. The van der Waals surface area contributed by atoms with Crippen LogP contribution in [-0.2, 0) is 4.79 Å². The SMILES string of the molecule is CC(O)CCCNC(=O)C(F)(F)C(F)(F)C(F)(F)F. The van der Waals surface area contributed by atoms with E-state index in [9.17, 15) is 35.5 Å². The Morgan fingerprint density at radius 3 is 2.00 bits per heavy atom. The number of carbonyl (C=O) groups is 1. The summed E-state index contributed by atoms with van der Waals surface area (Å²) in [6.07, 6.45) is -7.32. The molecule has 0 spiro atoms. The molecule has 0 aromatic carbocycles. The zero-order valence-corrected chi connectivity index (χ0v) is 9.70. The predicted molar refractivity (Wildman–Crippen MR) is 49.9 cm³/mol. The summed E-state index contributed by atoms with van der Waals surface area (Å²) in [6, 6.07) is 0. The fourth-order valence-electron chi connectivity index (χ4n) is 1.03. The molecule has 10 heteroatoms. The van der Waals surface area contributed by atoms with Crippen LogP contribution in [0, 0.1) is 0 Å². The minimum Gasteiger partial charge on any atom is -0.393 e. The highest BCUT2D eigenvalue weighted by molar-refractivity contribution is 5.84. The molecule has 19 heavy (non-hydrogen) atoms. The first-order valence-corrected chi connectivity index (χ1v) is 5.12. The molecule has 2 N–H and O–H groups in total. The van der Waals surface area contributed by atoms with Crippen LogP contribution >= 0.6 is 0 Å². The lowest BCUT2D eigenvalue weighted by molar-refractivity contribution is -0.344. The Labute approximate surface area is 103 Å². The van der Waals surface area contributed by atoms with Crippen LogP contribution in [0.25, 0.3) is 0 Å². The molecule has 0 aliphatic carbocycles. The topological polar surface area (TPSA) is 49.3 Å². The molecule has 1 atom stereocenters. The normalized spacial score (nSPS) is 15.2. The minimum absolute atomic E-state index is 0.0446. The molecule has 3 nitrogen and oxygen atoms in total. The van der Waals surface area contributed by atoms with E-state index in [1.165, 1.54) is 12.2 Å². The summed E-state index contributed by atoms with van der Waals surface area (Å²) < 4.78 is 85.6. The average Bonchev–Trinajstić information content (AvgIpc) is 2.21. The second kappa shape index (κ2) is 5.93. The van der Waals surface area contributed by atoms with Crippen molar-refractivity contribution in [2.45, 2.75) is 43.9 Å². The van der Waals surface area contributed by atoms with Gasteiger partial charge in [0.25, 0.3) is 5.91 Å². The number of rotatable bonds is 6. The highest BCUT2D eigenvalue weighted by Crippen LogP contribution is 2.46. The summed E-state index contributed by atoms with van der Waals surface area (Å²) in [4.78, 5) is 10.7. The number of carbonyl (C=O) groups excluding carboxylic acids is 1. The molecule has 0 aliphatic heterocycles. The van der Waals surface area contributed by atoms with Crippen molar-refractivity contribution in [3.05, 3.63) is 0 Å². The summed E-state index contributed by atoms with van der Waals surface area (Å²) in [6.45, 7) is 0.807. The molecule has 0 saturated carbocycles. The number of aliphatic hydroxyl groups excluding tert-OH is 1. The monoisotopic (exact) mass is 299 g/mol. The summed E-state index contributed by atoms with van der Waals surface area (Å²) in [5, 5.41) is 10.1. The molecular formula is C9H12F7NO2. The standard InChI is InChI=1S/C9H12F7NO2/c1-5(18)3-2-4-17-6(19)7(10,11)8(12,13)9(14,15)16/h5,18H,2-4H2,1H3,(H,17,19). The highest BCUT2D eigenvalue weighted by atomic mass is 19.4. The van der Waals surface area contributed by atoms with Gasteiger partial charge in [0.15, 0.2) is 0 Å². The van der Waals surface area contributed by atoms with Crippen molar-refractivity contribution in [1.29, 1.82) is 0 Å². The zero-order valence-electron chi connectivity index (χ0n) is 9.70. The first-order chi connectivity index (χ1) is 8.34. The molecule has 1 amide bonds. The number of amides is 1. The van der Waals surface area contributed by atoms with E-state index in [4.69, 9.17) is 5.11 Å². The van der Waals surface area contributed by atoms with Gasteiger partial charge in [-0.25, -0.2) is 0 Å².